The van der Waals surface area contributed by atoms with E-state index in [4.69, 9.17) is 10.5 Å². The zero-order chi connectivity index (χ0) is 14.7. The maximum absolute atomic E-state index is 12.2. The Morgan fingerprint density at radius 1 is 1.15 bits per heavy atom. The van der Waals surface area contributed by atoms with E-state index in [2.05, 4.69) is 37.2 Å². The van der Waals surface area contributed by atoms with Crippen molar-refractivity contribution in [1.82, 2.24) is 0 Å². The molecular formula is C14H12Br2N2O2. The summed E-state index contributed by atoms with van der Waals surface area (Å²) in [5, 5.41) is 2.81. The van der Waals surface area contributed by atoms with Gasteiger partial charge in [0.25, 0.3) is 5.91 Å². The Bertz CT molecular complexity index is 660. The minimum atomic E-state index is -0.235. The standard InChI is InChI=1S/C14H12Br2N2O2/c1-20-13-5-3-9(7-12(13)16)18-14(19)10-6-8(17)2-4-11(10)15/h2-7H,17H2,1H3,(H,18,19). The minimum absolute atomic E-state index is 0.235. The van der Waals surface area contributed by atoms with Gasteiger partial charge in [0.2, 0.25) is 0 Å². The summed E-state index contributed by atoms with van der Waals surface area (Å²) < 4.78 is 6.60. The highest BCUT2D eigenvalue weighted by atomic mass is 79.9. The number of carbonyl (C=O) groups is 1. The van der Waals surface area contributed by atoms with E-state index in [1.54, 1.807) is 43.5 Å². The van der Waals surface area contributed by atoms with E-state index in [-0.39, 0.29) is 5.91 Å². The molecule has 2 aromatic rings. The molecule has 2 aromatic carbocycles. The average molecular weight is 400 g/mol. The van der Waals surface area contributed by atoms with Crippen LogP contribution in [0.5, 0.6) is 5.75 Å². The molecule has 0 heterocycles. The molecule has 0 fully saturated rings. The summed E-state index contributed by atoms with van der Waals surface area (Å²) in [4.78, 5) is 12.2. The SMILES string of the molecule is COc1ccc(NC(=O)c2cc(N)ccc2Br)cc1Br. The van der Waals surface area contributed by atoms with Crippen molar-refractivity contribution in [3.63, 3.8) is 0 Å². The molecule has 0 saturated heterocycles. The van der Waals surface area contributed by atoms with E-state index >= 15 is 0 Å². The first-order valence-corrected chi connectivity index (χ1v) is 7.30. The van der Waals surface area contributed by atoms with Gasteiger partial charge in [0, 0.05) is 15.8 Å². The van der Waals surface area contributed by atoms with E-state index < -0.39 is 0 Å². The van der Waals surface area contributed by atoms with Crippen molar-refractivity contribution in [2.45, 2.75) is 0 Å². The lowest BCUT2D eigenvalue weighted by molar-refractivity contribution is 0.102. The molecule has 4 nitrogen and oxygen atoms in total. The molecule has 6 heteroatoms. The van der Waals surface area contributed by atoms with Crippen LogP contribution in [0.25, 0.3) is 0 Å². The summed E-state index contributed by atoms with van der Waals surface area (Å²) in [6.07, 6.45) is 0. The molecule has 104 valence electrons. The van der Waals surface area contributed by atoms with E-state index in [9.17, 15) is 4.79 Å². The van der Waals surface area contributed by atoms with Gasteiger partial charge < -0.3 is 15.8 Å². The van der Waals surface area contributed by atoms with Gasteiger partial charge in [0.15, 0.2) is 0 Å². The van der Waals surface area contributed by atoms with Crippen LogP contribution in [0, 0.1) is 0 Å². The highest BCUT2D eigenvalue weighted by Crippen LogP contribution is 2.28. The van der Waals surface area contributed by atoms with Crippen LogP contribution in [-0.2, 0) is 0 Å². The molecule has 0 aliphatic rings. The number of anilines is 2. The summed E-state index contributed by atoms with van der Waals surface area (Å²) in [7, 11) is 1.59. The summed E-state index contributed by atoms with van der Waals surface area (Å²) >= 11 is 6.71. The van der Waals surface area contributed by atoms with Crippen molar-refractivity contribution in [2.24, 2.45) is 0 Å². The maximum atomic E-state index is 12.2. The minimum Gasteiger partial charge on any atom is -0.496 e. The van der Waals surface area contributed by atoms with E-state index in [1.807, 2.05) is 0 Å². The van der Waals surface area contributed by atoms with Gasteiger partial charge in [-0.15, -0.1) is 0 Å². The highest BCUT2D eigenvalue weighted by molar-refractivity contribution is 9.10. The van der Waals surface area contributed by atoms with Crippen LogP contribution in [0.4, 0.5) is 11.4 Å². The van der Waals surface area contributed by atoms with Crippen LogP contribution in [-0.4, -0.2) is 13.0 Å². The number of halogens is 2. The second-order valence-corrected chi connectivity index (χ2v) is 5.75. The number of hydrogen-bond donors (Lipinski definition) is 2. The molecule has 1 amide bonds. The smallest absolute Gasteiger partial charge is 0.256 e. The van der Waals surface area contributed by atoms with Gasteiger partial charge in [0.05, 0.1) is 17.1 Å². The predicted octanol–water partition coefficient (Wildman–Crippen LogP) is 4.05. The number of benzene rings is 2. The normalized spacial score (nSPS) is 10.2. The third-order valence-corrected chi connectivity index (χ3v) is 3.96. The van der Waals surface area contributed by atoms with Crippen LogP contribution in [0.3, 0.4) is 0 Å². The summed E-state index contributed by atoms with van der Waals surface area (Å²) in [6.45, 7) is 0. The number of nitrogen functional groups attached to an aromatic ring is 1. The van der Waals surface area contributed by atoms with Crippen molar-refractivity contribution < 1.29 is 9.53 Å². The van der Waals surface area contributed by atoms with Crippen molar-refractivity contribution in [1.29, 1.82) is 0 Å². The Morgan fingerprint density at radius 2 is 1.90 bits per heavy atom. The van der Waals surface area contributed by atoms with Gasteiger partial charge in [-0.05, 0) is 68.3 Å². The fraction of sp³-hybridized carbons (Fsp3) is 0.0714. The number of nitrogens with two attached hydrogens (primary N) is 1. The highest BCUT2D eigenvalue weighted by Gasteiger charge is 2.11. The van der Waals surface area contributed by atoms with Gasteiger partial charge in [0.1, 0.15) is 5.75 Å². The van der Waals surface area contributed by atoms with Gasteiger partial charge in [-0.3, -0.25) is 4.79 Å². The third kappa shape index (κ3) is 3.32. The van der Waals surface area contributed by atoms with Crippen molar-refractivity contribution >= 4 is 49.1 Å². The number of rotatable bonds is 3. The number of amides is 1. The van der Waals surface area contributed by atoms with E-state index in [0.717, 1.165) is 4.47 Å². The molecular weight excluding hydrogens is 388 g/mol. The molecule has 20 heavy (non-hydrogen) atoms. The molecule has 3 N–H and O–H groups in total. The fourth-order valence-electron chi connectivity index (χ4n) is 1.66. The van der Waals surface area contributed by atoms with Crippen LogP contribution >= 0.6 is 31.9 Å². The summed E-state index contributed by atoms with van der Waals surface area (Å²) in [5.74, 6) is 0.467. The zero-order valence-electron chi connectivity index (χ0n) is 10.6. The van der Waals surface area contributed by atoms with E-state index in [0.29, 0.717) is 27.2 Å². The molecule has 0 saturated carbocycles. The van der Waals surface area contributed by atoms with E-state index in [1.165, 1.54) is 0 Å². The Balaban J connectivity index is 2.23. The first-order chi connectivity index (χ1) is 9.51. The van der Waals surface area contributed by atoms with Gasteiger partial charge >= 0.3 is 0 Å². The lowest BCUT2D eigenvalue weighted by Crippen LogP contribution is -2.13. The Morgan fingerprint density at radius 3 is 2.55 bits per heavy atom. The van der Waals surface area contributed by atoms with Crippen molar-refractivity contribution in [3.05, 3.63) is 50.9 Å². The second-order valence-electron chi connectivity index (χ2n) is 4.04. The van der Waals surface area contributed by atoms with Crippen LogP contribution < -0.4 is 15.8 Å². The second kappa shape index (κ2) is 6.28. The molecule has 0 radical (unpaired) electrons. The molecule has 0 bridgehead atoms. The lowest BCUT2D eigenvalue weighted by atomic mass is 10.2. The fourth-order valence-corrected chi connectivity index (χ4v) is 2.63. The Labute approximate surface area is 133 Å². The molecule has 2 rings (SSSR count). The van der Waals surface area contributed by atoms with Crippen molar-refractivity contribution in [3.8, 4) is 5.75 Å². The topological polar surface area (TPSA) is 64.3 Å². The molecule has 0 aliphatic carbocycles. The quantitative estimate of drug-likeness (QED) is 0.765. The first-order valence-electron chi connectivity index (χ1n) is 5.71. The van der Waals surface area contributed by atoms with Gasteiger partial charge in [-0.25, -0.2) is 0 Å². The number of nitrogens with one attached hydrogen (secondary N) is 1. The van der Waals surface area contributed by atoms with Crippen LogP contribution in [0.1, 0.15) is 10.4 Å². The monoisotopic (exact) mass is 398 g/mol. The van der Waals surface area contributed by atoms with Crippen LogP contribution in [0.2, 0.25) is 0 Å². The lowest BCUT2D eigenvalue weighted by Gasteiger charge is -2.09. The summed E-state index contributed by atoms with van der Waals surface area (Å²) in [5.41, 5.74) is 7.38. The number of ether oxygens (including phenoxy) is 1. The molecule has 0 atom stereocenters. The predicted molar refractivity (Wildman–Crippen MR) is 87.2 cm³/mol. The Hall–Kier alpha value is -1.53. The zero-order valence-corrected chi connectivity index (χ0v) is 13.8. The number of methoxy groups -OCH3 is 1. The number of hydrogen-bond acceptors (Lipinski definition) is 3. The van der Waals surface area contributed by atoms with Gasteiger partial charge in [-0.1, -0.05) is 0 Å². The average Bonchev–Trinajstić information content (AvgIpc) is 2.41. The largest absolute Gasteiger partial charge is 0.496 e. The Kier molecular flexibility index (Phi) is 4.67. The first kappa shape index (κ1) is 14.9. The van der Waals surface area contributed by atoms with Gasteiger partial charge in [-0.2, -0.15) is 0 Å². The van der Waals surface area contributed by atoms with Crippen LogP contribution in [0.15, 0.2) is 45.3 Å². The maximum Gasteiger partial charge on any atom is 0.256 e. The number of carbonyl (C=O) groups excluding carboxylic acids is 1. The molecule has 0 spiro atoms. The third-order valence-electron chi connectivity index (χ3n) is 2.64. The molecule has 0 aliphatic heterocycles. The molecule has 0 unspecified atom stereocenters. The van der Waals surface area contributed by atoms with Crippen molar-refractivity contribution in [2.75, 3.05) is 18.2 Å². The summed E-state index contributed by atoms with van der Waals surface area (Å²) in [6, 6.07) is 10.4. The molecule has 0 aromatic heterocycles.